The van der Waals surface area contributed by atoms with Gasteiger partial charge in [0.1, 0.15) is 4.90 Å². The molecule has 0 spiro atoms. The fraction of sp³-hybridized carbons (Fsp3) is 0.100. The maximum absolute atomic E-state index is 12.9. The summed E-state index contributed by atoms with van der Waals surface area (Å²) in [5.74, 6) is -0.380. The Morgan fingerprint density at radius 1 is 0.833 bits per heavy atom. The average Bonchev–Trinajstić information content (AvgIpc) is 2.95. The molecule has 0 aromatic heterocycles. The monoisotopic (exact) mass is 626 g/mol. The molecule has 0 saturated carbocycles. The molecule has 218 valence electrons. The van der Waals surface area contributed by atoms with E-state index in [1.54, 1.807) is 44.2 Å². The number of amides is 1. The van der Waals surface area contributed by atoms with Crippen molar-refractivity contribution < 1.29 is 30.6 Å². The summed E-state index contributed by atoms with van der Waals surface area (Å²) in [6.07, 6.45) is 2.73. The third kappa shape index (κ3) is 7.69. The van der Waals surface area contributed by atoms with Crippen molar-refractivity contribution in [1.29, 1.82) is 0 Å². The summed E-state index contributed by atoms with van der Waals surface area (Å²) in [5, 5.41) is 3.10. The highest BCUT2D eigenvalue weighted by atomic mass is 35.5. The van der Waals surface area contributed by atoms with E-state index in [1.165, 1.54) is 67.8 Å². The van der Waals surface area contributed by atoms with Crippen molar-refractivity contribution in [3.05, 3.63) is 113 Å². The van der Waals surface area contributed by atoms with Crippen molar-refractivity contribution in [2.24, 2.45) is 0 Å². The number of anilines is 2. The number of nitrogens with one attached hydrogen (secondary N) is 2. The maximum atomic E-state index is 12.9. The maximum Gasteiger partial charge on any atom is 0.339 e. The highest BCUT2D eigenvalue weighted by Gasteiger charge is 2.22. The fourth-order valence-corrected chi connectivity index (χ4v) is 6.31. The lowest BCUT2D eigenvalue weighted by molar-refractivity contribution is -0.111. The van der Waals surface area contributed by atoms with E-state index in [-0.39, 0.29) is 27.0 Å². The number of methoxy groups -OCH3 is 1. The summed E-state index contributed by atoms with van der Waals surface area (Å²) in [4.78, 5) is 12.6. The minimum absolute atomic E-state index is 0.00904. The number of benzene rings is 4. The summed E-state index contributed by atoms with van der Waals surface area (Å²) in [7, 11) is -6.67. The lowest BCUT2D eigenvalue weighted by Gasteiger charge is -2.13. The summed E-state index contributed by atoms with van der Waals surface area (Å²) >= 11 is 5.85. The van der Waals surface area contributed by atoms with E-state index in [0.717, 1.165) is 5.56 Å². The lowest BCUT2D eigenvalue weighted by Crippen LogP contribution is -2.14. The number of hydrogen-bond donors (Lipinski definition) is 2. The Morgan fingerprint density at radius 2 is 1.57 bits per heavy atom. The number of carbonyl (C=O) groups is 1. The third-order valence-corrected chi connectivity index (χ3v) is 8.94. The van der Waals surface area contributed by atoms with Gasteiger partial charge in [-0.15, -0.1) is 0 Å². The van der Waals surface area contributed by atoms with Crippen LogP contribution >= 0.6 is 11.6 Å². The number of ether oxygens (including phenoxy) is 1. The Balaban J connectivity index is 1.45. The van der Waals surface area contributed by atoms with Crippen molar-refractivity contribution in [2.75, 3.05) is 17.1 Å². The molecule has 0 saturated heterocycles. The Bertz CT molecular complexity index is 1870. The molecule has 4 aromatic carbocycles. The lowest BCUT2D eigenvalue weighted by atomic mass is 10.2. The smallest absolute Gasteiger partial charge is 0.339 e. The van der Waals surface area contributed by atoms with Gasteiger partial charge in [-0.25, -0.2) is 8.42 Å². The van der Waals surface area contributed by atoms with Crippen LogP contribution in [0.5, 0.6) is 11.5 Å². The minimum atomic E-state index is -4.12. The first kappa shape index (κ1) is 30.6. The molecule has 42 heavy (non-hydrogen) atoms. The first-order chi connectivity index (χ1) is 19.9. The zero-order valence-corrected chi connectivity index (χ0v) is 25.2. The van der Waals surface area contributed by atoms with Gasteiger partial charge < -0.3 is 14.2 Å². The number of rotatable bonds is 10. The third-order valence-electron chi connectivity index (χ3n) is 5.94. The molecule has 0 aliphatic carbocycles. The van der Waals surface area contributed by atoms with Gasteiger partial charge in [0, 0.05) is 22.5 Å². The van der Waals surface area contributed by atoms with Crippen LogP contribution < -0.4 is 19.0 Å². The average molecular weight is 627 g/mol. The van der Waals surface area contributed by atoms with Gasteiger partial charge >= 0.3 is 10.1 Å². The van der Waals surface area contributed by atoms with Crippen LogP contribution in [0.2, 0.25) is 5.02 Å². The second kappa shape index (κ2) is 12.7. The number of hydrogen-bond acceptors (Lipinski definition) is 7. The van der Waals surface area contributed by atoms with E-state index in [1.807, 2.05) is 6.07 Å². The highest BCUT2D eigenvalue weighted by Crippen LogP contribution is 2.32. The fourth-order valence-electron chi connectivity index (χ4n) is 3.83. The van der Waals surface area contributed by atoms with Crippen LogP contribution in [0.25, 0.3) is 6.08 Å². The molecule has 0 unspecified atom stereocenters. The van der Waals surface area contributed by atoms with Crippen molar-refractivity contribution in [3.63, 3.8) is 0 Å². The molecule has 0 radical (unpaired) electrons. The molecule has 0 atom stereocenters. The molecule has 4 aromatic rings. The SMILES string of the molecule is COc1cc(/C=C\C(=O)Nc2cccc(S(=O)(=O)Nc3ccc(Cl)cc3)c2)ccc1OS(=O)(=O)c1cc(C)ccc1C. The molecule has 0 fully saturated rings. The van der Waals surface area contributed by atoms with E-state index in [4.69, 9.17) is 20.5 Å². The molecule has 9 nitrogen and oxygen atoms in total. The highest BCUT2D eigenvalue weighted by molar-refractivity contribution is 7.92. The largest absolute Gasteiger partial charge is 0.493 e. The Hall–Kier alpha value is -4.32. The molecule has 0 aliphatic heterocycles. The van der Waals surface area contributed by atoms with Gasteiger partial charge in [-0.05, 0) is 97.3 Å². The molecule has 4 rings (SSSR count). The van der Waals surface area contributed by atoms with Crippen LogP contribution in [0.3, 0.4) is 0 Å². The Kier molecular flexibility index (Phi) is 9.25. The van der Waals surface area contributed by atoms with Crippen LogP contribution in [0.4, 0.5) is 11.4 Å². The molecular formula is C30H27ClN2O7S2. The normalized spacial score (nSPS) is 11.7. The summed E-state index contributed by atoms with van der Waals surface area (Å²) < 4.78 is 64.6. The molecule has 2 N–H and O–H groups in total. The summed E-state index contributed by atoms with van der Waals surface area (Å²) in [5.41, 5.74) is 2.46. The Labute approximate surface area is 249 Å². The molecular weight excluding hydrogens is 600 g/mol. The van der Waals surface area contributed by atoms with E-state index < -0.39 is 26.0 Å². The van der Waals surface area contributed by atoms with E-state index in [0.29, 0.717) is 21.8 Å². The second-order valence-electron chi connectivity index (χ2n) is 9.18. The second-order valence-corrected chi connectivity index (χ2v) is 12.8. The number of halogens is 1. The Morgan fingerprint density at radius 3 is 2.29 bits per heavy atom. The van der Waals surface area contributed by atoms with Crippen LogP contribution in [-0.4, -0.2) is 29.9 Å². The van der Waals surface area contributed by atoms with Crippen LogP contribution in [0.1, 0.15) is 16.7 Å². The first-order valence-electron chi connectivity index (χ1n) is 12.4. The quantitative estimate of drug-likeness (QED) is 0.159. The van der Waals surface area contributed by atoms with Gasteiger partial charge in [-0.2, -0.15) is 8.42 Å². The number of aryl methyl sites for hydroxylation is 2. The van der Waals surface area contributed by atoms with Gasteiger partial charge in [0.15, 0.2) is 11.5 Å². The standard InChI is InChI=1S/C30H27ClN2O7S2/c1-20-7-8-21(2)29(17-20)42(37,38)40-27-15-9-22(18-28(27)39-3)10-16-30(34)32-25-5-4-6-26(19-25)41(35,36)33-24-13-11-23(31)12-14-24/h4-19,33H,1-3H3,(H,32,34)/b16-10-. The molecule has 0 aliphatic rings. The van der Waals surface area contributed by atoms with Crippen LogP contribution in [0, 0.1) is 13.8 Å². The van der Waals surface area contributed by atoms with Crippen LogP contribution in [-0.2, 0) is 24.9 Å². The van der Waals surface area contributed by atoms with Gasteiger partial charge in [-0.3, -0.25) is 9.52 Å². The van der Waals surface area contributed by atoms with E-state index in [9.17, 15) is 21.6 Å². The zero-order chi connectivity index (χ0) is 30.5. The topological polar surface area (TPSA) is 128 Å². The van der Waals surface area contributed by atoms with Gasteiger partial charge in [-0.1, -0.05) is 35.9 Å². The van der Waals surface area contributed by atoms with Crippen molar-refractivity contribution >= 4 is 55.1 Å². The summed E-state index contributed by atoms with van der Waals surface area (Å²) in [6, 6.07) is 21.6. The molecule has 1 amide bonds. The van der Waals surface area contributed by atoms with Crippen molar-refractivity contribution in [3.8, 4) is 11.5 Å². The molecule has 0 heterocycles. The molecule has 12 heteroatoms. The van der Waals surface area contributed by atoms with Crippen molar-refractivity contribution in [2.45, 2.75) is 23.6 Å². The summed E-state index contributed by atoms with van der Waals surface area (Å²) in [6.45, 7) is 3.47. The van der Waals surface area contributed by atoms with E-state index in [2.05, 4.69) is 10.0 Å². The molecule has 0 bridgehead atoms. The number of carbonyl (C=O) groups excluding carboxylic acids is 1. The van der Waals surface area contributed by atoms with Gasteiger partial charge in [0.2, 0.25) is 5.91 Å². The predicted molar refractivity (Wildman–Crippen MR) is 163 cm³/mol. The predicted octanol–water partition coefficient (Wildman–Crippen LogP) is 6.19. The zero-order valence-electron chi connectivity index (χ0n) is 22.8. The van der Waals surface area contributed by atoms with Crippen molar-refractivity contribution in [1.82, 2.24) is 0 Å². The number of sulfonamides is 1. The van der Waals surface area contributed by atoms with Crippen LogP contribution in [0.15, 0.2) is 101 Å². The minimum Gasteiger partial charge on any atom is -0.493 e. The first-order valence-corrected chi connectivity index (χ1v) is 15.7. The van der Waals surface area contributed by atoms with E-state index >= 15 is 0 Å². The van der Waals surface area contributed by atoms with Gasteiger partial charge in [0.25, 0.3) is 10.0 Å². The van der Waals surface area contributed by atoms with Gasteiger partial charge in [0.05, 0.1) is 12.0 Å².